The Labute approximate surface area is 134 Å². The van der Waals surface area contributed by atoms with Gasteiger partial charge in [-0.2, -0.15) is 0 Å². The van der Waals surface area contributed by atoms with Crippen molar-refractivity contribution in [1.82, 2.24) is 10.6 Å². The average Bonchev–Trinajstić information content (AvgIpc) is 2.89. The van der Waals surface area contributed by atoms with E-state index in [1.54, 1.807) is 30.3 Å². The summed E-state index contributed by atoms with van der Waals surface area (Å²) in [6, 6.07) is 10.8. The molecule has 3 N–H and O–H groups in total. The van der Waals surface area contributed by atoms with Crippen molar-refractivity contribution < 1.29 is 14.7 Å². The predicted molar refractivity (Wildman–Crippen MR) is 84.2 cm³/mol. The van der Waals surface area contributed by atoms with E-state index in [0.717, 1.165) is 8.66 Å². The Morgan fingerprint density at radius 2 is 1.90 bits per heavy atom. The first-order valence-corrected chi connectivity index (χ1v) is 7.73. The van der Waals surface area contributed by atoms with Gasteiger partial charge < -0.3 is 15.7 Å². The Morgan fingerprint density at radius 3 is 2.48 bits per heavy atom. The Morgan fingerprint density at radius 1 is 1.19 bits per heavy atom. The quantitative estimate of drug-likeness (QED) is 0.758. The van der Waals surface area contributed by atoms with Crippen LogP contribution in [0.5, 0.6) is 0 Å². The molecule has 0 spiro atoms. The zero-order chi connectivity index (χ0) is 15.2. The highest BCUT2D eigenvalue weighted by Gasteiger charge is 2.21. The molecule has 0 bridgehead atoms. The van der Waals surface area contributed by atoms with Gasteiger partial charge in [0, 0.05) is 4.88 Å². The van der Waals surface area contributed by atoms with Crippen molar-refractivity contribution in [2.24, 2.45) is 0 Å². The van der Waals surface area contributed by atoms with E-state index in [9.17, 15) is 14.7 Å². The molecule has 2 rings (SSSR count). The Kier molecular flexibility index (Phi) is 5.35. The summed E-state index contributed by atoms with van der Waals surface area (Å²) in [4.78, 5) is 24.1. The van der Waals surface area contributed by atoms with E-state index in [1.807, 2.05) is 12.1 Å². The number of aliphatic carboxylic acids is 1. The molecule has 110 valence electrons. The number of rotatable bonds is 5. The van der Waals surface area contributed by atoms with Crippen LogP contribution in [0, 0.1) is 0 Å². The highest BCUT2D eigenvalue weighted by Crippen LogP contribution is 2.21. The van der Waals surface area contributed by atoms with E-state index in [-0.39, 0.29) is 0 Å². The van der Waals surface area contributed by atoms with Gasteiger partial charge in [-0.1, -0.05) is 30.3 Å². The normalized spacial score (nSPS) is 11.7. The first kappa shape index (κ1) is 15.5. The summed E-state index contributed by atoms with van der Waals surface area (Å²) >= 11 is 4.85. The van der Waals surface area contributed by atoms with Crippen LogP contribution in [0.3, 0.4) is 0 Å². The molecule has 1 heterocycles. The maximum atomic E-state index is 11.8. The number of nitrogens with one attached hydrogen (secondary N) is 2. The van der Waals surface area contributed by atoms with Gasteiger partial charge in [0.2, 0.25) is 0 Å². The zero-order valence-electron chi connectivity index (χ0n) is 10.9. The van der Waals surface area contributed by atoms with Crippen LogP contribution in [0.4, 0.5) is 4.79 Å². The lowest BCUT2D eigenvalue weighted by Crippen LogP contribution is -2.40. The highest BCUT2D eigenvalue weighted by molar-refractivity contribution is 9.11. The molecule has 7 heteroatoms. The van der Waals surface area contributed by atoms with Crippen LogP contribution in [0.25, 0.3) is 0 Å². The number of urea groups is 1. The number of carboxylic acids is 1. The fourth-order valence-electron chi connectivity index (χ4n) is 1.73. The molecule has 1 aromatic heterocycles. The molecule has 2 aromatic rings. The summed E-state index contributed by atoms with van der Waals surface area (Å²) in [6.45, 7) is 0.350. The fraction of sp³-hybridized carbons (Fsp3) is 0.143. The van der Waals surface area contributed by atoms with E-state index in [2.05, 4.69) is 26.6 Å². The van der Waals surface area contributed by atoms with E-state index in [4.69, 9.17) is 0 Å². The molecule has 0 aliphatic heterocycles. The summed E-state index contributed by atoms with van der Waals surface area (Å²) in [7, 11) is 0. The van der Waals surface area contributed by atoms with Gasteiger partial charge in [-0.25, -0.2) is 9.59 Å². The summed E-state index contributed by atoms with van der Waals surface area (Å²) in [5.41, 5.74) is 0.527. The molecule has 5 nitrogen and oxygen atoms in total. The molecular formula is C14H13BrN2O3S. The third-order valence-corrected chi connectivity index (χ3v) is 4.33. The minimum absolute atomic E-state index is 0.350. The van der Waals surface area contributed by atoms with Gasteiger partial charge in [0.15, 0.2) is 6.04 Å². The summed E-state index contributed by atoms with van der Waals surface area (Å²) in [6.07, 6.45) is 0. The van der Waals surface area contributed by atoms with Crippen LogP contribution in [-0.2, 0) is 11.3 Å². The Balaban J connectivity index is 1.94. The van der Waals surface area contributed by atoms with Crippen molar-refractivity contribution >= 4 is 39.3 Å². The Bertz CT molecular complexity index is 630. The molecule has 0 saturated carbocycles. The lowest BCUT2D eigenvalue weighted by Gasteiger charge is -2.15. The molecule has 0 fully saturated rings. The third-order valence-electron chi connectivity index (χ3n) is 2.71. The second kappa shape index (κ2) is 7.24. The molecule has 1 atom stereocenters. The van der Waals surface area contributed by atoms with E-state index in [0.29, 0.717) is 12.1 Å². The Hall–Kier alpha value is -1.86. The third kappa shape index (κ3) is 4.57. The molecule has 0 saturated heterocycles. The van der Waals surface area contributed by atoms with Gasteiger partial charge in [-0.3, -0.25) is 0 Å². The molecular weight excluding hydrogens is 356 g/mol. The number of halogens is 1. The van der Waals surface area contributed by atoms with E-state index in [1.165, 1.54) is 11.3 Å². The second-order valence-electron chi connectivity index (χ2n) is 4.21. The lowest BCUT2D eigenvalue weighted by atomic mass is 10.1. The number of carbonyl (C=O) groups is 2. The first-order valence-electron chi connectivity index (χ1n) is 6.12. The van der Waals surface area contributed by atoms with Crippen molar-refractivity contribution in [2.45, 2.75) is 12.6 Å². The number of carbonyl (C=O) groups excluding carboxylic acids is 1. The number of hydrogen-bond donors (Lipinski definition) is 3. The molecule has 0 aliphatic carbocycles. The molecule has 2 amide bonds. The van der Waals surface area contributed by atoms with E-state index >= 15 is 0 Å². The number of carboxylic acid groups (broad SMARTS) is 1. The van der Waals surface area contributed by atoms with Gasteiger partial charge in [-0.05, 0) is 33.6 Å². The summed E-state index contributed by atoms with van der Waals surface area (Å²) < 4.78 is 0.979. The standard InChI is InChI=1S/C14H13BrN2O3S/c15-11-7-6-10(21-11)8-16-14(20)17-12(13(18)19)9-4-2-1-3-5-9/h1-7,12H,8H2,(H,18,19)(H2,16,17,20). The van der Waals surface area contributed by atoms with E-state index < -0.39 is 18.0 Å². The first-order chi connectivity index (χ1) is 10.1. The van der Waals surface area contributed by atoms with Gasteiger partial charge in [0.05, 0.1) is 10.3 Å². The minimum Gasteiger partial charge on any atom is -0.479 e. The maximum Gasteiger partial charge on any atom is 0.330 e. The van der Waals surface area contributed by atoms with Crippen molar-refractivity contribution in [1.29, 1.82) is 0 Å². The molecule has 0 aliphatic rings. The minimum atomic E-state index is -1.10. The van der Waals surface area contributed by atoms with Crippen molar-refractivity contribution in [3.63, 3.8) is 0 Å². The van der Waals surface area contributed by atoms with Crippen LogP contribution < -0.4 is 10.6 Å². The SMILES string of the molecule is O=C(NCc1ccc(Br)s1)NC(C(=O)O)c1ccccc1. The van der Waals surface area contributed by atoms with Crippen LogP contribution >= 0.6 is 27.3 Å². The van der Waals surface area contributed by atoms with Crippen molar-refractivity contribution in [3.05, 3.63) is 56.7 Å². The van der Waals surface area contributed by atoms with Gasteiger partial charge in [0.1, 0.15) is 0 Å². The summed E-state index contributed by atoms with van der Waals surface area (Å²) in [5, 5.41) is 14.3. The lowest BCUT2D eigenvalue weighted by molar-refractivity contribution is -0.139. The number of benzene rings is 1. The van der Waals surface area contributed by atoms with Crippen LogP contribution in [0.1, 0.15) is 16.5 Å². The highest BCUT2D eigenvalue weighted by atomic mass is 79.9. The molecule has 0 radical (unpaired) electrons. The number of amides is 2. The topological polar surface area (TPSA) is 78.4 Å². The van der Waals surface area contributed by atoms with Crippen LogP contribution in [0.2, 0.25) is 0 Å². The maximum absolute atomic E-state index is 11.8. The van der Waals surface area contributed by atoms with Gasteiger partial charge in [0.25, 0.3) is 0 Å². The largest absolute Gasteiger partial charge is 0.479 e. The van der Waals surface area contributed by atoms with Crippen molar-refractivity contribution in [2.75, 3.05) is 0 Å². The second-order valence-corrected chi connectivity index (χ2v) is 6.76. The molecule has 1 aromatic carbocycles. The van der Waals surface area contributed by atoms with Gasteiger partial charge >= 0.3 is 12.0 Å². The predicted octanol–water partition coefficient (Wildman–Crippen LogP) is 3.14. The summed E-state index contributed by atoms with van der Waals surface area (Å²) in [5.74, 6) is -1.10. The number of thiophene rings is 1. The van der Waals surface area contributed by atoms with Crippen LogP contribution in [-0.4, -0.2) is 17.1 Å². The van der Waals surface area contributed by atoms with Crippen molar-refractivity contribution in [3.8, 4) is 0 Å². The van der Waals surface area contributed by atoms with Gasteiger partial charge in [-0.15, -0.1) is 11.3 Å². The smallest absolute Gasteiger partial charge is 0.330 e. The molecule has 21 heavy (non-hydrogen) atoms. The zero-order valence-corrected chi connectivity index (χ0v) is 13.3. The molecule has 1 unspecified atom stereocenters. The number of hydrogen-bond acceptors (Lipinski definition) is 3. The average molecular weight is 369 g/mol. The monoisotopic (exact) mass is 368 g/mol. The fourth-order valence-corrected chi connectivity index (χ4v) is 3.15. The van der Waals surface area contributed by atoms with Crippen LogP contribution in [0.15, 0.2) is 46.3 Å².